The van der Waals surface area contributed by atoms with Gasteiger partial charge in [-0.25, -0.2) is 4.79 Å². The van der Waals surface area contributed by atoms with Gasteiger partial charge in [-0.05, 0) is 49.1 Å². The molecule has 1 fully saturated rings. The van der Waals surface area contributed by atoms with Gasteiger partial charge in [0.25, 0.3) is 5.91 Å². The van der Waals surface area contributed by atoms with Gasteiger partial charge in [-0.1, -0.05) is 18.5 Å². The number of hydrogen-bond donors (Lipinski definition) is 1. The molecule has 0 spiro atoms. The van der Waals surface area contributed by atoms with Gasteiger partial charge in [0.15, 0.2) is 0 Å². The molecule has 2 aromatic rings. The SMILES string of the molecule is COC(=O)c1ccc(Cl)c(Nc2ccnc(C(=O)N3CCC(C)CC3)c2)c1. The molecule has 1 amide bonds. The number of ether oxygens (including phenoxy) is 1. The maximum absolute atomic E-state index is 12.7. The van der Waals surface area contributed by atoms with Crippen LogP contribution in [-0.2, 0) is 4.74 Å². The van der Waals surface area contributed by atoms with E-state index in [4.69, 9.17) is 16.3 Å². The van der Waals surface area contributed by atoms with Gasteiger partial charge in [-0.3, -0.25) is 9.78 Å². The van der Waals surface area contributed by atoms with E-state index in [2.05, 4.69) is 17.2 Å². The summed E-state index contributed by atoms with van der Waals surface area (Å²) < 4.78 is 4.74. The van der Waals surface area contributed by atoms with Gasteiger partial charge in [-0.15, -0.1) is 0 Å². The Kier molecular flexibility index (Phi) is 5.96. The summed E-state index contributed by atoms with van der Waals surface area (Å²) in [6, 6.07) is 8.27. The lowest BCUT2D eigenvalue weighted by Gasteiger charge is -2.30. The molecule has 3 rings (SSSR count). The van der Waals surface area contributed by atoms with Crippen LogP contribution in [0.4, 0.5) is 11.4 Å². The number of nitrogens with zero attached hydrogens (tertiary/aromatic N) is 2. The topological polar surface area (TPSA) is 71.5 Å². The van der Waals surface area contributed by atoms with Crippen molar-refractivity contribution in [2.24, 2.45) is 5.92 Å². The van der Waals surface area contributed by atoms with Crippen LogP contribution in [0.25, 0.3) is 0 Å². The number of piperidine rings is 1. The lowest BCUT2D eigenvalue weighted by molar-refractivity contribution is 0.0600. The number of likely N-dealkylation sites (tertiary alicyclic amines) is 1. The van der Waals surface area contributed by atoms with E-state index in [9.17, 15) is 9.59 Å². The van der Waals surface area contributed by atoms with Gasteiger partial charge in [0.2, 0.25) is 0 Å². The number of amides is 1. The van der Waals surface area contributed by atoms with Crippen molar-refractivity contribution >= 4 is 34.9 Å². The number of nitrogens with one attached hydrogen (secondary N) is 1. The molecule has 27 heavy (non-hydrogen) atoms. The van der Waals surface area contributed by atoms with E-state index in [1.165, 1.54) is 7.11 Å². The second-order valence-electron chi connectivity index (χ2n) is 6.72. The molecule has 0 radical (unpaired) electrons. The zero-order valence-corrected chi connectivity index (χ0v) is 16.1. The molecule has 1 N–H and O–H groups in total. The number of carbonyl (C=O) groups is 2. The predicted molar refractivity (Wildman–Crippen MR) is 105 cm³/mol. The fourth-order valence-electron chi connectivity index (χ4n) is 3.02. The van der Waals surface area contributed by atoms with Crippen LogP contribution in [-0.4, -0.2) is 42.0 Å². The number of benzene rings is 1. The molecule has 0 atom stereocenters. The first-order valence-electron chi connectivity index (χ1n) is 8.88. The Balaban J connectivity index is 1.78. The third-order valence-electron chi connectivity index (χ3n) is 4.72. The summed E-state index contributed by atoms with van der Waals surface area (Å²) in [5.74, 6) is 0.138. The molecule has 0 bridgehead atoms. The van der Waals surface area contributed by atoms with Gasteiger partial charge in [-0.2, -0.15) is 0 Å². The van der Waals surface area contributed by atoms with Gasteiger partial charge in [0, 0.05) is 25.0 Å². The maximum atomic E-state index is 12.7. The number of rotatable bonds is 4. The summed E-state index contributed by atoms with van der Waals surface area (Å²) in [5.41, 5.74) is 1.99. The number of aromatic nitrogens is 1. The number of carbonyl (C=O) groups excluding carboxylic acids is 2. The number of hydrogen-bond acceptors (Lipinski definition) is 5. The number of halogens is 1. The third kappa shape index (κ3) is 4.57. The summed E-state index contributed by atoms with van der Waals surface area (Å²) in [5, 5.41) is 3.60. The molecule has 0 unspecified atom stereocenters. The van der Waals surface area contributed by atoms with Crippen LogP contribution in [0.3, 0.4) is 0 Å². The quantitative estimate of drug-likeness (QED) is 0.798. The summed E-state index contributed by atoms with van der Waals surface area (Å²) in [6.45, 7) is 3.72. The van der Waals surface area contributed by atoms with Crippen molar-refractivity contribution in [2.75, 3.05) is 25.5 Å². The minimum absolute atomic E-state index is 0.0695. The number of anilines is 2. The lowest BCUT2D eigenvalue weighted by atomic mass is 9.99. The van der Waals surface area contributed by atoms with Crippen LogP contribution in [0.5, 0.6) is 0 Å². The van der Waals surface area contributed by atoms with Crippen molar-refractivity contribution in [2.45, 2.75) is 19.8 Å². The Bertz CT molecular complexity index is 848. The van der Waals surface area contributed by atoms with E-state index in [1.807, 2.05) is 4.90 Å². The van der Waals surface area contributed by atoms with Crippen LogP contribution in [0.1, 0.15) is 40.6 Å². The van der Waals surface area contributed by atoms with Crippen LogP contribution in [0, 0.1) is 5.92 Å². The molecule has 7 heteroatoms. The second kappa shape index (κ2) is 8.39. The van der Waals surface area contributed by atoms with Gasteiger partial charge >= 0.3 is 5.97 Å². The highest BCUT2D eigenvalue weighted by molar-refractivity contribution is 6.33. The molecule has 1 aliphatic heterocycles. The molecule has 6 nitrogen and oxygen atoms in total. The minimum atomic E-state index is -0.445. The number of methoxy groups -OCH3 is 1. The fourth-order valence-corrected chi connectivity index (χ4v) is 3.19. The molecule has 0 saturated carbocycles. The van der Waals surface area contributed by atoms with Crippen LogP contribution in [0.15, 0.2) is 36.5 Å². The van der Waals surface area contributed by atoms with Crippen LogP contribution in [0.2, 0.25) is 5.02 Å². The van der Waals surface area contributed by atoms with E-state index >= 15 is 0 Å². The average Bonchev–Trinajstić information content (AvgIpc) is 2.69. The third-order valence-corrected chi connectivity index (χ3v) is 5.05. The maximum Gasteiger partial charge on any atom is 0.337 e. The predicted octanol–water partition coefficient (Wildman–Crippen LogP) is 4.14. The van der Waals surface area contributed by atoms with Gasteiger partial charge in [0.05, 0.1) is 23.4 Å². The number of pyridine rings is 1. The normalized spacial score (nSPS) is 14.7. The highest BCUT2D eigenvalue weighted by atomic mass is 35.5. The monoisotopic (exact) mass is 387 g/mol. The van der Waals surface area contributed by atoms with Crippen molar-refractivity contribution in [3.8, 4) is 0 Å². The highest BCUT2D eigenvalue weighted by Crippen LogP contribution is 2.27. The first kappa shape index (κ1) is 19.2. The average molecular weight is 388 g/mol. The molecule has 0 aliphatic carbocycles. The Morgan fingerprint density at radius 1 is 1.22 bits per heavy atom. The fraction of sp³-hybridized carbons (Fsp3) is 0.350. The summed E-state index contributed by atoms with van der Waals surface area (Å²) in [6.07, 6.45) is 3.61. The van der Waals surface area contributed by atoms with E-state index < -0.39 is 5.97 Å². The van der Waals surface area contributed by atoms with Crippen molar-refractivity contribution < 1.29 is 14.3 Å². The Morgan fingerprint density at radius 2 is 1.96 bits per heavy atom. The van der Waals surface area contributed by atoms with Crippen molar-refractivity contribution in [3.63, 3.8) is 0 Å². The van der Waals surface area contributed by atoms with E-state index in [0.29, 0.717) is 33.6 Å². The Labute approximate surface area is 163 Å². The number of esters is 1. The molecule has 142 valence electrons. The lowest BCUT2D eigenvalue weighted by Crippen LogP contribution is -2.38. The first-order valence-corrected chi connectivity index (χ1v) is 9.26. The molecule has 2 heterocycles. The van der Waals surface area contributed by atoms with Crippen molar-refractivity contribution in [1.29, 1.82) is 0 Å². The van der Waals surface area contributed by atoms with Crippen LogP contribution < -0.4 is 5.32 Å². The summed E-state index contributed by atoms with van der Waals surface area (Å²) in [4.78, 5) is 30.5. The van der Waals surface area contributed by atoms with E-state index in [1.54, 1.807) is 36.5 Å². The van der Waals surface area contributed by atoms with Gasteiger partial charge in [0.1, 0.15) is 5.69 Å². The Morgan fingerprint density at radius 3 is 2.67 bits per heavy atom. The molecule has 1 saturated heterocycles. The van der Waals surface area contributed by atoms with Crippen molar-refractivity contribution in [1.82, 2.24) is 9.88 Å². The van der Waals surface area contributed by atoms with Crippen LogP contribution >= 0.6 is 11.6 Å². The second-order valence-corrected chi connectivity index (χ2v) is 7.12. The van der Waals surface area contributed by atoms with Gasteiger partial charge < -0.3 is 15.0 Å². The smallest absolute Gasteiger partial charge is 0.337 e. The van der Waals surface area contributed by atoms with E-state index in [-0.39, 0.29) is 5.91 Å². The molecular formula is C20H22ClN3O3. The molecule has 1 aromatic heterocycles. The first-order chi connectivity index (χ1) is 13.0. The van der Waals surface area contributed by atoms with E-state index in [0.717, 1.165) is 25.9 Å². The molecular weight excluding hydrogens is 366 g/mol. The molecule has 1 aromatic carbocycles. The highest BCUT2D eigenvalue weighted by Gasteiger charge is 2.22. The standard InChI is InChI=1S/C20H22ClN3O3/c1-13-6-9-24(10-7-13)19(25)18-12-15(5-8-22-18)23-17-11-14(20(26)27-2)3-4-16(17)21/h3-5,8,11-13H,6-7,9-10H2,1-2H3,(H,22,23). The zero-order chi connectivity index (χ0) is 19.4. The summed E-state index contributed by atoms with van der Waals surface area (Å²) >= 11 is 6.23. The Hall–Kier alpha value is -2.60. The summed E-state index contributed by atoms with van der Waals surface area (Å²) in [7, 11) is 1.33. The minimum Gasteiger partial charge on any atom is -0.465 e. The largest absolute Gasteiger partial charge is 0.465 e. The molecule has 1 aliphatic rings. The van der Waals surface area contributed by atoms with Crippen molar-refractivity contribution in [3.05, 3.63) is 52.8 Å². The zero-order valence-electron chi connectivity index (χ0n) is 15.4.